The van der Waals surface area contributed by atoms with E-state index >= 15 is 0 Å². The molecule has 0 saturated carbocycles. The predicted molar refractivity (Wildman–Crippen MR) is 59.7 cm³/mol. The summed E-state index contributed by atoms with van der Waals surface area (Å²) in [4.78, 5) is 11.3. The third-order valence-corrected chi connectivity index (χ3v) is 2.36. The molecule has 2 N–H and O–H groups in total. The highest BCUT2D eigenvalue weighted by Crippen LogP contribution is 2.21. The third kappa shape index (κ3) is 5.18. The first-order chi connectivity index (χ1) is 8.42. The summed E-state index contributed by atoms with van der Waals surface area (Å²) in [6.07, 6.45) is -6.14. The zero-order valence-corrected chi connectivity index (χ0v) is 9.57. The molecule has 1 aromatic rings. The van der Waals surface area contributed by atoms with E-state index < -0.39 is 31.0 Å². The van der Waals surface area contributed by atoms with Gasteiger partial charge in [-0.3, -0.25) is 4.79 Å². The van der Waals surface area contributed by atoms with E-state index in [1.165, 1.54) is 0 Å². The van der Waals surface area contributed by atoms with Crippen LogP contribution in [0.3, 0.4) is 0 Å². The molecule has 0 heterocycles. The highest BCUT2D eigenvalue weighted by molar-refractivity contribution is 5.76. The van der Waals surface area contributed by atoms with Gasteiger partial charge in [-0.25, -0.2) is 0 Å². The minimum atomic E-state index is -4.35. The molecular formula is C12H14F3NO2. The van der Waals surface area contributed by atoms with Crippen molar-refractivity contribution in [3.8, 4) is 0 Å². The van der Waals surface area contributed by atoms with Gasteiger partial charge >= 0.3 is 6.18 Å². The topological polar surface area (TPSA) is 49.3 Å². The Morgan fingerprint density at radius 1 is 1.28 bits per heavy atom. The summed E-state index contributed by atoms with van der Waals surface area (Å²) in [5.74, 6) is -0.727. The summed E-state index contributed by atoms with van der Waals surface area (Å²) in [6.45, 7) is -0.359. The van der Waals surface area contributed by atoms with Crippen LogP contribution in [0.4, 0.5) is 13.2 Å². The summed E-state index contributed by atoms with van der Waals surface area (Å²) in [6, 6.07) is 7.91. The fourth-order valence-corrected chi connectivity index (χ4v) is 1.44. The number of halogens is 3. The first kappa shape index (κ1) is 14.5. The van der Waals surface area contributed by atoms with Crippen LogP contribution in [0.1, 0.15) is 24.4 Å². The molecule has 0 bridgehead atoms. The van der Waals surface area contributed by atoms with Crippen molar-refractivity contribution < 1.29 is 23.1 Å². The van der Waals surface area contributed by atoms with Crippen LogP contribution in [0.25, 0.3) is 0 Å². The number of carbonyl (C=O) groups excluding carboxylic acids is 1. The van der Waals surface area contributed by atoms with E-state index in [-0.39, 0.29) is 6.61 Å². The molecular weight excluding hydrogens is 247 g/mol. The van der Waals surface area contributed by atoms with Gasteiger partial charge in [0.25, 0.3) is 0 Å². The Balaban J connectivity index is 2.51. The summed E-state index contributed by atoms with van der Waals surface area (Å²) in [5, 5.41) is 11.5. The normalized spacial score (nSPS) is 13.1. The van der Waals surface area contributed by atoms with Gasteiger partial charge in [-0.15, -0.1) is 0 Å². The van der Waals surface area contributed by atoms with Crippen molar-refractivity contribution in [2.24, 2.45) is 0 Å². The van der Waals surface area contributed by atoms with Crippen LogP contribution in [0.2, 0.25) is 0 Å². The molecule has 0 aliphatic carbocycles. The second-order valence-electron chi connectivity index (χ2n) is 3.83. The van der Waals surface area contributed by atoms with Gasteiger partial charge < -0.3 is 10.4 Å². The molecule has 0 aliphatic heterocycles. The first-order valence-electron chi connectivity index (χ1n) is 5.44. The second kappa shape index (κ2) is 6.39. The maximum absolute atomic E-state index is 11.9. The van der Waals surface area contributed by atoms with Crippen LogP contribution in [0.5, 0.6) is 0 Å². The van der Waals surface area contributed by atoms with Gasteiger partial charge in [0.2, 0.25) is 5.91 Å². The Morgan fingerprint density at radius 3 is 2.39 bits per heavy atom. The zero-order valence-electron chi connectivity index (χ0n) is 9.57. The molecule has 0 spiro atoms. The molecule has 0 aliphatic rings. The standard InChI is InChI=1S/C12H14F3NO2/c13-12(14,15)7-6-11(18)16-10(8-17)9-4-2-1-3-5-9/h1-5,10,17H,6-8H2,(H,16,18)/t10-/m1/s1. The van der Waals surface area contributed by atoms with Crippen molar-refractivity contribution in [2.75, 3.05) is 6.61 Å². The van der Waals surface area contributed by atoms with Crippen molar-refractivity contribution >= 4 is 5.91 Å². The molecule has 0 unspecified atom stereocenters. The number of amides is 1. The quantitative estimate of drug-likeness (QED) is 0.853. The minimum absolute atomic E-state index is 0.359. The van der Waals surface area contributed by atoms with Gasteiger partial charge in [0, 0.05) is 6.42 Å². The Morgan fingerprint density at radius 2 is 1.89 bits per heavy atom. The molecule has 18 heavy (non-hydrogen) atoms. The highest BCUT2D eigenvalue weighted by atomic mass is 19.4. The predicted octanol–water partition coefficient (Wildman–Crippen LogP) is 2.18. The maximum Gasteiger partial charge on any atom is 0.389 e. The summed E-state index contributed by atoms with van der Waals surface area (Å²) >= 11 is 0. The van der Waals surface area contributed by atoms with E-state index in [1.54, 1.807) is 30.3 Å². The van der Waals surface area contributed by atoms with E-state index in [2.05, 4.69) is 5.32 Å². The molecule has 1 atom stereocenters. The molecule has 0 fully saturated rings. The number of hydrogen-bond acceptors (Lipinski definition) is 2. The van der Waals surface area contributed by atoms with Crippen LogP contribution in [0, 0.1) is 0 Å². The van der Waals surface area contributed by atoms with Gasteiger partial charge in [-0.2, -0.15) is 13.2 Å². The summed E-state index contributed by atoms with van der Waals surface area (Å²) < 4.78 is 35.8. The number of aliphatic hydroxyl groups is 1. The lowest BCUT2D eigenvalue weighted by Crippen LogP contribution is -2.31. The van der Waals surface area contributed by atoms with Crippen molar-refractivity contribution in [1.82, 2.24) is 5.32 Å². The van der Waals surface area contributed by atoms with Crippen molar-refractivity contribution in [3.63, 3.8) is 0 Å². The lowest BCUT2D eigenvalue weighted by Gasteiger charge is -2.17. The molecule has 1 aromatic carbocycles. The number of alkyl halides is 3. The Bertz CT molecular complexity index is 379. The zero-order chi connectivity index (χ0) is 13.6. The van der Waals surface area contributed by atoms with Gasteiger partial charge in [0.1, 0.15) is 0 Å². The number of rotatable bonds is 5. The third-order valence-electron chi connectivity index (χ3n) is 2.36. The van der Waals surface area contributed by atoms with Crippen LogP contribution >= 0.6 is 0 Å². The van der Waals surface area contributed by atoms with Crippen LogP contribution in [-0.4, -0.2) is 23.8 Å². The number of benzene rings is 1. The molecule has 1 amide bonds. The largest absolute Gasteiger partial charge is 0.394 e. The number of nitrogens with one attached hydrogen (secondary N) is 1. The lowest BCUT2D eigenvalue weighted by atomic mass is 10.1. The SMILES string of the molecule is O=C(CCC(F)(F)F)N[C@H](CO)c1ccccc1. The molecule has 3 nitrogen and oxygen atoms in total. The Kier molecular flexibility index (Phi) is 5.15. The lowest BCUT2D eigenvalue weighted by molar-refractivity contribution is -0.144. The van der Waals surface area contributed by atoms with Gasteiger partial charge in [-0.05, 0) is 5.56 Å². The highest BCUT2D eigenvalue weighted by Gasteiger charge is 2.28. The smallest absolute Gasteiger partial charge is 0.389 e. The van der Waals surface area contributed by atoms with Crippen LogP contribution in [0.15, 0.2) is 30.3 Å². The molecule has 100 valence electrons. The van der Waals surface area contributed by atoms with Crippen molar-refractivity contribution in [2.45, 2.75) is 25.1 Å². The maximum atomic E-state index is 11.9. The molecule has 6 heteroatoms. The van der Waals surface area contributed by atoms with Crippen molar-refractivity contribution in [3.05, 3.63) is 35.9 Å². The van der Waals surface area contributed by atoms with E-state index in [9.17, 15) is 18.0 Å². The van der Waals surface area contributed by atoms with E-state index in [4.69, 9.17) is 5.11 Å². The number of carbonyl (C=O) groups is 1. The fraction of sp³-hybridized carbons (Fsp3) is 0.417. The summed E-state index contributed by atoms with van der Waals surface area (Å²) in [7, 11) is 0. The van der Waals surface area contributed by atoms with E-state index in [0.29, 0.717) is 5.56 Å². The molecule has 0 radical (unpaired) electrons. The Hall–Kier alpha value is -1.56. The van der Waals surface area contributed by atoms with Crippen LogP contribution in [-0.2, 0) is 4.79 Å². The number of aliphatic hydroxyl groups excluding tert-OH is 1. The average molecular weight is 261 g/mol. The minimum Gasteiger partial charge on any atom is -0.394 e. The van der Waals surface area contributed by atoms with Gasteiger partial charge in [-0.1, -0.05) is 30.3 Å². The Labute approximate surface area is 103 Å². The monoisotopic (exact) mass is 261 g/mol. The van der Waals surface area contributed by atoms with E-state index in [1.807, 2.05) is 0 Å². The number of hydrogen-bond donors (Lipinski definition) is 2. The summed E-state index contributed by atoms with van der Waals surface area (Å²) in [5.41, 5.74) is 0.653. The van der Waals surface area contributed by atoms with Crippen LogP contribution < -0.4 is 5.32 Å². The first-order valence-corrected chi connectivity index (χ1v) is 5.44. The molecule has 1 rings (SSSR count). The van der Waals surface area contributed by atoms with E-state index in [0.717, 1.165) is 0 Å². The average Bonchev–Trinajstić information content (AvgIpc) is 2.33. The van der Waals surface area contributed by atoms with Gasteiger partial charge in [0.15, 0.2) is 0 Å². The molecule has 0 saturated heterocycles. The van der Waals surface area contributed by atoms with Gasteiger partial charge in [0.05, 0.1) is 19.1 Å². The molecule has 0 aromatic heterocycles. The second-order valence-corrected chi connectivity index (χ2v) is 3.83. The fourth-order valence-electron chi connectivity index (χ4n) is 1.44. The van der Waals surface area contributed by atoms with Crippen molar-refractivity contribution in [1.29, 1.82) is 0 Å².